The molecule has 0 aromatic carbocycles. The third-order valence-electron chi connectivity index (χ3n) is 3.54. The van der Waals surface area contributed by atoms with E-state index in [9.17, 15) is 9.59 Å². The molecule has 0 spiro atoms. The van der Waals surface area contributed by atoms with Crippen molar-refractivity contribution < 1.29 is 4.79 Å². The van der Waals surface area contributed by atoms with Crippen molar-refractivity contribution in [2.24, 2.45) is 5.41 Å². The minimum absolute atomic E-state index is 0.00708. The average Bonchev–Trinajstić information content (AvgIpc) is 2.92. The molecule has 2 rings (SSSR count). The first-order chi connectivity index (χ1) is 10.8. The molecule has 2 heterocycles. The number of carbonyl (C=O) groups is 1. The smallest absolute Gasteiger partial charge is 0.262 e. The van der Waals surface area contributed by atoms with E-state index in [-0.39, 0.29) is 23.3 Å². The van der Waals surface area contributed by atoms with Crippen LogP contribution in [-0.4, -0.2) is 47.5 Å². The largest absolute Gasteiger partial charge is 0.355 e. The first kappa shape index (κ1) is 17.6. The molecule has 0 unspecified atom stereocenters. The van der Waals surface area contributed by atoms with Crippen LogP contribution in [0.2, 0.25) is 0 Å². The minimum atomic E-state index is -0.0861. The molecule has 0 atom stereocenters. The van der Waals surface area contributed by atoms with Crippen LogP contribution in [0, 0.1) is 5.41 Å². The summed E-state index contributed by atoms with van der Waals surface area (Å²) in [5, 5.41) is 5.42. The fraction of sp³-hybridized carbons (Fsp3) is 0.562. The van der Waals surface area contributed by atoms with Gasteiger partial charge in [-0.3, -0.25) is 14.2 Å². The van der Waals surface area contributed by atoms with Gasteiger partial charge in [-0.25, -0.2) is 4.98 Å². The Morgan fingerprint density at radius 1 is 1.43 bits per heavy atom. The van der Waals surface area contributed by atoms with E-state index in [0.29, 0.717) is 18.5 Å². The van der Waals surface area contributed by atoms with Gasteiger partial charge in [0.15, 0.2) is 0 Å². The van der Waals surface area contributed by atoms with Crippen LogP contribution in [0.15, 0.2) is 22.6 Å². The Bertz CT molecular complexity index is 733. The molecule has 0 radical (unpaired) electrons. The van der Waals surface area contributed by atoms with Gasteiger partial charge in [0.1, 0.15) is 4.83 Å². The fourth-order valence-corrected chi connectivity index (χ4v) is 3.34. The molecular weight excluding hydrogens is 312 g/mol. The predicted molar refractivity (Wildman–Crippen MR) is 93.8 cm³/mol. The molecule has 1 amide bonds. The number of rotatable bonds is 7. The molecule has 7 heteroatoms. The van der Waals surface area contributed by atoms with Crippen molar-refractivity contribution in [3.63, 3.8) is 0 Å². The summed E-state index contributed by atoms with van der Waals surface area (Å²) < 4.78 is 1.50. The number of fused-ring (bicyclic) bond motifs is 1. The van der Waals surface area contributed by atoms with Crippen LogP contribution < -0.4 is 10.9 Å². The zero-order valence-electron chi connectivity index (χ0n) is 14.1. The minimum Gasteiger partial charge on any atom is -0.355 e. The molecule has 0 saturated carbocycles. The predicted octanol–water partition coefficient (Wildman–Crippen LogP) is 1.55. The zero-order valence-corrected chi connectivity index (χ0v) is 14.9. The number of nitrogens with one attached hydrogen (secondary N) is 1. The maximum atomic E-state index is 12.2. The number of aromatic nitrogens is 2. The monoisotopic (exact) mass is 336 g/mol. The van der Waals surface area contributed by atoms with Crippen molar-refractivity contribution in [2.75, 3.05) is 27.2 Å². The van der Waals surface area contributed by atoms with Crippen molar-refractivity contribution in [1.29, 1.82) is 0 Å². The molecule has 126 valence electrons. The summed E-state index contributed by atoms with van der Waals surface area (Å²) in [6.45, 7) is 6.09. The van der Waals surface area contributed by atoms with Gasteiger partial charge in [-0.05, 0) is 31.0 Å². The summed E-state index contributed by atoms with van der Waals surface area (Å²) in [7, 11) is 4.03. The fourth-order valence-electron chi connectivity index (χ4n) is 2.61. The van der Waals surface area contributed by atoms with Crippen LogP contribution in [0.25, 0.3) is 10.2 Å². The highest BCUT2D eigenvalue weighted by molar-refractivity contribution is 7.16. The molecule has 1 N–H and O–H groups in total. The van der Waals surface area contributed by atoms with Crippen LogP contribution >= 0.6 is 11.3 Å². The summed E-state index contributed by atoms with van der Waals surface area (Å²) in [5.41, 5.74) is -0.0790. The molecule has 0 aliphatic carbocycles. The second-order valence-corrected chi connectivity index (χ2v) is 7.71. The molecule has 0 saturated heterocycles. The van der Waals surface area contributed by atoms with Gasteiger partial charge in [-0.15, -0.1) is 11.3 Å². The van der Waals surface area contributed by atoms with Crippen LogP contribution in [0.5, 0.6) is 0 Å². The van der Waals surface area contributed by atoms with Gasteiger partial charge in [-0.1, -0.05) is 13.8 Å². The Morgan fingerprint density at radius 2 is 2.17 bits per heavy atom. The Kier molecular flexibility index (Phi) is 5.54. The third kappa shape index (κ3) is 4.87. The molecule has 6 nitrogen and oxygen atoms in total. The average molecular weight is 336 g/mol. The summed E-state index contributed by atoms with van der Waals surface area (Å²) in [6, 6.07) is 1.77. The van der Waals surface area contributed by atoms with Gasteiger partial charge in [0.05, 0.1) is 11.7 Å². The highest BCUT2D eigenvalue weighted by Gasteiger charge is 2.19. The standard InChI is InChI=1S/C16H24N4O2S/c1-16(2,10-19(3)4)9-17-13(21)5-7-20-11-18-14-12(15(20)22)6-8-23-14/h6,8,11H,5,7,9-10H2,1-4H3,(H,17,21). The van der Waals surface area contributed by atoms with Crippen molar-refractivity contribution in [3.05, 3.63) is 28.1 Å². The Hall–Kier alpha value is -1.73. The topological polar surface area (TPSA) is 67.2 Å². The van der Waals surface area contributed by atoms with E-state index in [1.54, 1.807) is 6.07 Å². The number of amides is 1. The van der Waals surface area contributed by atoms with Gasteiger partial charge in [-0.2, -0.15) is 0 Å². The summed E-state index contributed by atoms with van der Waals surface area (Å²) >= 11 is 1.44. The van der Waals surface area contributed by atoms with Gasteiger partial charge in [0.2, 0.25) is 5.91 Å². The number of hydrogen-bond acceptors (Lipinski definition) is 5. The zero-order chi connectivity index (χ0) is 17.0. The van der Waals surface area contributed by atoms with E-state index in [4.69, 9.17) is 0 Å². The van der Waals surface area contributed by atoms with Gasteiger partial charge in [0, 0.05) is 26.1 Å². The van der Waals surface area contributed by atoms with Crippen molar-refractivity contribution in [2.45, 2.75) is 26.8 Å². The van der Waals surface area contributed by atoms with Crippen LogP contribution in [0.4, 0.5) is 0 Å². The summed E-state index contributed by atoms with van der Waals surface area (Å²) in [6.07, 6.45) is 1.79. The van der Waals surface area contributed by atoms with E-state index in [0.717, 1.165) is 11.4 Å². The Balaban J connectivity index is 1.88. The van der Waals surface area contributed by atoms with E-state index < -0.39 is 0 Å². The first-order valence-corrected chi connectivity index (χ1v) is 8.50. The SMILES string of the molecule is CN(C)CC(C)(C)CNC(=O)CCn1cnc2sccc2c1=O. The van der Waals surface area contributed by atoms with Crippen LogP contribution in [0.3, 0.4) is 0 Å². The van der Waals surface area contributed by atoms with E-state index in [1.165, 1.54) is 22.2 Å². The third-order valence-corrected chi connectivity index (χ3v) is 4.36. The molecule has 0 aliphatic rings. The first-order valence-electron chi connectivity index (χ1n) is 7.62. The van der Waals surface area contributed by atoms with Gasteiger partial charge in [0.25, 0.3) is 5.56 Å². The lowest BCUT2D eigenvalue weighted by Gasteiger charge is -2.28. The molecule has 2 aromatic heterocycles. The van der Waals surface area contributed by atoms with Crippen LogP contribution in [-0.2, 0) is 11.3 Å². The van der Waals surface area contributed by atoms with Crippen molar-refractivity contribution in [1.82, 2.24) is 19.8 Å². The lowest BCUT2D eigenvalue weighted by molar-refractivity contribution is -0.121. The maximum absolute atomic E-state index is 12.2. The number of nitrogens with zero attached hydrogens (tertiary/aromatic N) is 3. The van der Waals surface area contributed by atoms with Crippen LogP contribution in [0.1, 0.15) is 20.3 Å². The second-order valence-electron chi connectivity index (χ2n) is 6.81. The highest BCUT2D eigenvalue weighted by Crippen LogP contribution is 2.14. The molecule has 2 aromatic rings. The molecule has 23 heavy (non-hydrogen) atoms. The van der Waals surface area contributed by atoms with Gasteiger partial charge >= 0.3 is 0 Å². The lowest BCUT2D eigenvalue weighted by Crippen LogP contribution is -2.40. The molecule has 0 aliphatic heterocycles. The number of hydrogen-bond donors (Lipinski definition) is 1. The van der Waals surface area contributed by atoms with Gasteiger partial charge < -0.3 is 10.2 Å². The molecular formula is C16H24N4O2S. The second kappa shape index (κ2) is 7.23. The Morgan fingerprint density at radius 3 is 2.87 bits per heavy atom. The summed E-state index contributed by atoms with van der Waals surface area (Å²) in [5.74, 6) is -0.0471. The number of thiophene rings is 1. The van der Waals surface area contributed by atoms with Crippen molar-refractivity contribution >= 4 is 27.5 Å². The highest BCUT2D eigenvalue weighted by atomic mass is 32.1. The molecule has 0 bridgehead atoms. The number of carbonyl (C=O) groups excluding carboxylic acids is 1. The molecule has 0 fully saturated rings. The normalized spacial score (nSPS) is 12.0. The van der Waals surface area contributed by atoms with E-state index in [2.05, 4.69) is 29.0 Å². The number of aryl methyl sites for hydroxylation is 1. The van der Waals surface area contributed by atoms with E-state index >= 15 is 0 Å². The Labute approximate surface area is 140 Å². The maximum Gasteiger partial charge on any atom is 0.262 e. The van der Waals surface area contributed by atoms with E-state index in [1.807, 2.05) is 19.5 Å². The van der Waals surface area contributed by atoms with Crippen molar-refractivity contribution in [3.8, 4) is 0 Å². The lowest BCUT2D eigenvalue weighted by atomic mass is 9.93. The quantitative estimate of drug-likeness (QED) is 0.833. The summed E-state index contributed by atoms with van der Waals surface area (Å²) in [4.78, 5) is 31.3.